The van der Waals surface area contributed by atoms with Crippen molar-refractivity contribution in [3.05, 3.63) is 70.8 Å². The van der Waals surface area contributed by atoms with Crippen molar-refractivity contribution in [2.24, 2.45) is 5.92 Å². The summed E-state index contributed by atoms with van der Waals surface area (Å²) in [5, 5.41) is 1.69. The van der Waals surface area contributed by atoms with Crippen LogP contribution in [-0.2, 0) is 30.2 Å². The first-order valence-electron chi connectivity index (χ1n) is 9.77. The van der Waals surface area contributed by atoms with Gasteiger partial charge in [-0.3, -0.25) is 0 Å². The molecule has 28 heavy (non-hydrogen) atoms. The molecule has 0 heterocycles. The Hall–Kier alpha value is -0.0188. The molecular weight excluding hydrogens is 459 g/mol. The minimum absolute atomic E-state index is 0. The van der Waals surface area contributed by atoms with E-state index in [2.05, 4.69) is 82.0 Å². The van der Waals surface area contributed by atoms with Crippen LogP contribution in [0.2, 0.25) is 0 Å². The minimum atomic E-state index is -0.431. The summed E-state index contributed by atoms with van der Waals surface area (Å²) in [6.07, 6.45) is 10.9. The SMILES string of the molecule is CC1=Cc2ccccc2[C]1([Ti+3])[SiH2]c1ccccc1CC1CCCCC1.[Cl-].[Cl-].[Cl-]. The summed E-state index contributed by atoms with van der Waals surface area (Å²) in [6.45, 7) is 2.34. The van der Waals surface area contributed by atoms with Crippen molar-refractivity contribution in [2.75, 3.05) is 0 Å². The van der Waals surface area contributed by atoms with Gasteiger partial charge in [0.25, 0.3) is 0 Å². The molecule has 0 aliphatic heterocycles. The molecular formula is C23H27Cl3SiTi. The van der Waals surface area contributed by atoms with E-state index in [1.165, 1.54) is 44.1 Å². The average Bonchev–Trinajstić information content (AvgIpc) is 2.89. The smallest absolute Gasteiger partial charge is 1.00 e. The molecule has 0 amide bonds. The number of hydrogen-bond acceptors (Lipinski definition) is 0. The normalized spacial score (nSPS) is 21.3. The van der Waals surface area contributed by atoms with Gasteiger partial charge in [0.15, 0.2) is 0 Å². The van der Waals surface area contributed by atoms with E-state index in [4.69, 9.17) is 0 Å². The molecule has 5 heteroatoms. The Labute approximate surface area is 202 Å². The summed E-state index contributed by atoms with van der Waals surface area (Å²) in [5.41, 5.74) is 6.22. The Morgan fingerprint density at radius 3 is 2.32 bits per heavy atom. The molecule has 2 aromatic rings. The molecule has 1 atom stereocenters. The topological polar surface area (TPSA) is 0 Å². The fourth-order valence-electron chi connectivity index (χ4n) is 4.73. The summed E-state index contributed by atoms with van der Waals surface area (Å²) in [5.74, 6) is 0.921. The Kier molecular flexibility index (Phi) is 10.6. The monoisotopic (exact) mass is 484 g/mol. The van der Waals surface area contributed by atoms with Crippen LogP contribution in [0.1, 0.15) is 55.7 Å². The molecule has 2 aromatic carbocycles. The van der Waals surface area contributed by atoms with Crippen LogP contribution in [0, 0.1) is 5.92 Å². The summed E-state index contributed by atoms with van der Waals surface area (Å²) >= 11 is 2.49. The molecule has 148 valence electrons. The average molecular weight is 486 g/mol. The number of halogens is 3. The van der Waals surface area contributed by atoms with Gasteiger partial charge in [0, 0.05) is 0 Å². The van der Waals surface area contributed by atoms with Gasteiger partial charge in [0.05, 0.1) is 0 Å². The van der Waals surface area contributed by atoms with Crippen molar-refractivity contribution in [1.29, 1.82) is 0 Å². The molecule has 0 aromatic heterocycles. The van der Waals surface area contributed by atoms with E-state index in [1.54, 1.807) is 21.9 Å². The Morgan fingerprint density at radius 2 is 1.57 bits per heavy atom. The molecule has 1 fully saturated rings. The Balaban J connectivity index is 0.00000131. The van der Waals surface area contributed by atoms with Gasteiger partial charge in [0.1, 0.15) is 0 Å². The molecule has 2 aliphatic carbocycles. The fraction of sp³-hybridized carbons (Fsp3) is 0.391. The van der Waals surface area contributed by atoms with Crippen LogP contribution in [0.5, 0.6) is 0 Å². The van der Waals surface area contributed by atoms with E-state index in [-0.39, 0.29) is 40.6 Å². The van der Waals surface area contributed by atoms with Crippen LogP contribution < -0.4 is 42.4 Å². The molecule has 0 radical (unpaired) electrons. The maximum atomic E-state index is 2.49. The van der Waals surface area contributed by atoms with Gasteiger partial charge in [-0.05, 0) is 0 Å². The zero-order valence-electron chi connectivity index (χ0n) is 16.4. The molecule has 0 nitrogen and oxygen atoms in total. The van der Waals surface area contributed by atoms with Crippen LogP contribution in [0.25, 0.3) is 6.08 Å². The van der Waals surface area contributed by atoms with Crippen LogP contribution in [0.3, 0.4) is 0 Å². The van der Waals surface area contributed by atoms with Gasteiger partial charge in [-0.1, -0.05) is 0 Å². The molecule has 1 saturated carbocycles. The summed E-state index contributed by atoms with van der Waals surface area (Å²) in [4.78, 5) is 0. The maximum absolute atomic E-state index is 2.49. The van der Waals surface area contributed by atoms with E-state index in [1.807, 2.05) is 0 Å². The molecule has 0 bridgehead atoms. The molecule has 0 spiro atoms. The molecule has 2 aliphatic rings. The summed E-state index contributed by atoms with van der Waals surface area (Å²) in [6, 6.07) is 18.4. The quantitative estimate of drug-likeness (QED) is 0.383. The molecule has 4 rings (SSSR count). The predicted molar refractivity (Wildman–Crippen MR) is 107 cm³/mol. The van der Waals surface area contributed by atoms with Gasteiger partial charge in [-0.2, -0.15) is 0 Å². The van der Waals surface area contributed by atoms with Crippen molar-refractivity contribution in [2.45, 2.75) is 48.8 Å². The van der Waals surface area contributed by atoms with Crippen molar-refractivity contribution in [3.63, 3.8) is 0 Å². The first kappa shape index (κ1) is 26.0. The number of fused-ring (bicyclic) bond motifs is 1. The first-order valence-corrected chi connectivity index (χ1v) is 12.0. The first-order chi connectivity index (χ1) is 12.2. The van der Waals surface area contributed by atoms with Gasteiger partial charge >= 0.3 is 167 Å². The van der Waals surface area contributed by atoms with Crippen molar-refractivity contribution >= 4 is 20.8 Å². The standard InChI is InChI=1S/C23H27Si.3ClH.Ti/c1-17-15-19-11-5-7-13-21(19)23(17)24-22-14-8-6-12-20(22)16-18-9-3-2-4-10-18;;;;/h5-8,11-15,18H,2-4,9-10,16,24H2,1H3;3*1H;/q;;;;+3/p-3. The number of benzene rings is 2. The van der Waals surface area contributed by atoms with Crippen LogP contribution >= 0.6 is 0 Å². The van der Waals surface area contributed by atoms with Crippen molar-refractivity contribution in [3.8, 4) is 0 Å². The third-order valence-corrected chi connectivity index (χ3v) is 10.7. The van der Waals surface area contributed by atoms with Crippen molar-refractivity contribution < 1.29 is 57.7 Å². The van der Waals surface area contributed by atoms with E-state index < -0.39 is 9.52 Å². The van der Waals surface area contributed by atoms with Gasteiger partial charge in [-0.15, -0.1) is 0 Å². The Morgan fingerprint density at radius 1 is 0.929 bits per heavy atom. The Bertz CT molecular complexity index is 802. The van der Waals surface area contributed by atoms with E-state index >= 15 is 0 Å². The maximum Gasteiger partial charge on any atom is -1.00 e. The van der Waals surface area contributed by atoms with Crippen LogP contribution in [0.15, 0.2) is 54.1 Å². The van der Waals surface area contributed by atoms with E-state index in [9.17, 15) is 0 Å². The zero-order chi connectivity index (χ0) is 17.3. The van der Waals surface area contributed by atoms with Gasteiger partial charge in [-0.25, -0.2) is 0 Å². The summed E-state index contributed by atoms with van der Waals surface area (Å²) in [7, 11) is -0.431. The predicted octanol–water partition coefficient (Wildman–Crippen LogP) is -4.57. The second-order valence-corrected chi connectivity index (χ2v) is 12.6. The largest absolute Gasteiger partial charge is 1.00 e. The summed E-state index contributed by atoms with van der Waals surface area (Å²) < 4.78 is 0.277. The zero-order valence-corrected chi connectivity index (χ0v) is 21.6. The number of rotatable bonds is 4. The number of hydrogen-bond donors (Lipinski definition) is 0. The molecule has 1 unspecified atom stereocenters. The van der Waals surface area contributed by atoms with E-state index in [0.29, 0.717) is 0 Å². The number of allylic oxidation sites excluding steroid dienone is 1. The van der Waals surface area contributed by atoms with Crippen LogP contribution in [0.4, 0.5) is 0 Å². The minimum Gasteiger partial charge on any atom is -1.00 e. The van der Waals surface area contributed by atoms with Gasteiger partial charge in [0.2, 0.25) is 0 Å². The van der Waals surface area contributed by atoms with Gasteiger partial charge < -0.3 is 37.2 Å². The van der Waals surface area contributed by atoms with Crippen LogP contribution in [-0.4, -0.2) is 9.52 Å². The second kappa shape index (κ2) is 11.4. The van der Waals surface area contributed by atoms with E-state index in [0.717, 1.165) is 5.92 Å². The molecule has 0 N–H and O–H groups in total. The fourth-order valence-corrected chi connectivity index (χ4v) is 8.30. The van der Waals surface area contributed by atoms with Crippen molar-refractivity contribution in [1.82, 2.24) is 0 Å². The third-order valence-electron chi connectivity index (χ3n) is 6.27. The second-order valence-electron chi connectivity index (χ2n) is 7.97. The third kappa shape index (κ3) is 5.36. The molecule has 0 saturated heterocycles.